The smallest absolute Gasteiger partial charge is 0.161 e. The van der Waals surface area contributed by atoms with Crippen LogP contribution >= 0.6 is 0 Å². The van der Waals surface area contributed by atoms with Crippen LogP contribution in [0.4, 0.5) is 0 Å². The third-order valence-electron chi connectivity index (χ3n) is 6.13. The van der Waals surface area contributed by atoms with E-state index >= 15 is 0 Å². The Morgan fingerprint density at radius 2 is 1.83 bits per heavy atom. The van der Waals surface area contributed by atoms with Gasteiger partial charge >= 0.3 is 0 Å². The van der Waals surface area contributed by atoms with Crippen molar-refractivity contribution < 1.29 is 14.2 Å². The van der Waals surface area contributed by atoms with Crippen LogP contribution in [0.5, 0.6) is 11.5 Å². The summed E-state index contributed by atoms with van der Waals surface area (Å²) in [6, 6.07) is 4.42. The molecule has 4 heteroatoms. The van der Waals surface area contributed by atoms with E-state index in [4.69, 9.17) is 14.2 Å². The highest BCUT2D eigenvalue weighted by Crippen LogP contribution is 2.53. The lowest BCUT2D eigenvalue weighted by Crippen LogP contribution is -2.46. The van der Waals surface area contributed by atoms with Crippen molar-refractivity contribution in [3.8, 4) is 11.5 Å². The van der Waals surface area contributed by atoms with E-state index in [1.807, 2.05) is 7.11 Å². The molecule has 0 amide bonds. The molecule has 1 fully saturated rings. The summed E-state index contributed by atoms with van der Waals surface area (Å²) in [7, 11) is 5.28. The molecule has 24 heavy (non-hydrogen) atoms. The zero-order chi connectivity index (χ0) is 16.7. The summed E-state index contributed by atoms with van der Waals surface area (Å²) >= 11 is 0. The van der Waals surface area contributed by atoms with E-state index in [0.717, 1.165) is 43.9 Å². The number of ether oxygens (including phenoxy) is 3. The average molecular weight is 329 g/mol. The summed E-state index contributed by atoms with van der Waals surface area (Å²) in [6.45, 7) is 2.29. The van der Waals surface area contributed by atoms with Crippen molar-refractivity contribution >= 4 is 0 Å². The van der Waals surface area contributed by atoms with Gasteiger partial charge in [-0.1, -0.05) is 6.08 Å². The third-order valence-corrected chi connectivity index (χ3v) is 6.13. The molecule has 2 aliphatic heterocycles. The molecule has 3 aliphatic rings. The fourth-order valence-electron chi connectivity index (χ4n) is 4.98. The molecule has 2 atom stereocenters. The highest BCUT2D eigenvalue weighted by Gasteiger charge is 2.51. The molecule has 1 aliphatic carbocycles. The van der Waals surface area contributed by atoms with Crippen LogP contribution in [0.25, 0.3) is 0 Å². The van der Waals surface area contributed by atoms with Crippen LogP contribution in [0, 0.1) is 0 Å². The van der Waals surface area contributed by atoms with Gasteiger partial charge in [-0.2, -0.15) is 0 Å². The number of nitrogens with zero attached hydrogens (tertiary/aromatic N) is 1. The quantitative estimate of drug-likeness (QED) is 0.796. The van der Waals surface area contributed by atoms with Gasteiger partial charge in [0.25, 0.3) is 0 Å². The molecule has 1 aromatic carbocycles. The maximum absolute atomic E-state index is 5.77. The second kappa shape index (κ2) is 6.08. The Bertz CT molecular complexity index is 669. The number of benzene rings is 1. The lowest BCUT2D eigenvalue weighted by atomic mass is 9.73. The Balaban J connectivity index is 1.92. The summed E-state index contributed by atoms with van der Waals surface area (Å²) in [6.07, 6.45) is 8.25. The Hall–Kier alpha value is -1.52. The van der Waals surface area contributed by atoms with Crippen molar-refractivity contribution in [3.63, 3.8) is 0 Å². The van der Waals surface area contributed by atoms with Crippen molar-refractivity contribution in [1.29, 1.82) is 0 Å². The van der Waals surface area contributed by atoms with E-state index in [0.29, 0.717) is 0 Å². The van der Waals surface area contributed by atoms with E-state index in [1.165, 1.54) is 24.0 Å². The summed E-state index contributed by atoms with van der Waals surface area (Å²) in [5.74, 6) is 1.67. The van der Waals surface area contributed by atoms with Gasteiger partial charge in [0, 0.05) is 20.1 Å². The van der Waals surface area contributed by atoms with Gasteiger partial charge in [0.05, 0.1) is 25.9 Å². The highest BCUT2D eigenvalue weighted by atomic mass is 16.5. The molecule has 1 spiro atoms. The molecule has 0 bridgehead atoms. The lowest BCUT2D eigenvalue weighted by Gasteiger charge is -2.44. The van der Waals surface area contributed by atoms with E-state index in [-0.39, 0.29) is 11.6 Å². The van der Waals surface area contributed by atoms with Gasteiger partial charge in [-0.3, -0.25) is 4.90 Å². The van der Waals surface area contributed by atoms with Crippen molar-refractivity contribution in [2.45, 2.75) is 43.7 Å². The molecule has 0 N–H and O–H groups in total. The Morgan fingerprint density at radius 3 is 2.58 bits per heavy atom. The van der Waals surface area contributed by atoms with Crippen molar-refractivity contribution in [2.75, 3.05) is 34.4 Å². The number of methoxy groups -OCH3 is 3. The molecule has 2 heterocycles. The average Bonchev–Trinajstić information content (AvgIpc) is 2.92. The van der Waals surface area contributed by atoms with E-state index in [2.05, 4.69) is 23.1 Å². The molecule has 0 saturated carbocycles. The predicted molar refractivity (Wildman–Crippen MR) is 93.8 cm³/mol. The standard InChI is InChI=1S/C20H27NO3/c1-22-16-7-6-15-8-10-21-9-4-5-14-11-18(23-2)19(24-3)12-17(14)20(15,21)13-16/h6,11-12,16H,4-5,7-10,13H2,1-3H3/t16?,20-/m0/s1. The van der Waals surface area contributed by atoms with Gasteiger partial charge in [-0.05, 0) is 61.1 Å². The first-order chi connectivity index (χ1) is 11.7. The summed E-state index contributed by atoms with van der Waals surface area (Å²) < 4.78 is 17.0. The number of rotatable bonds is 3. The largest absolute Gasteiger partial charge is 0.493 e. The second-order valence-corrected chi connectivity index (χ2v) is 7.09. The maximum Gasteiger partial charge on any atom is 0.161 e. The first-order valence-corrected chi connectivity index (χ1v) is 8.95. The molecule has 4 rings (SSSR count). The first kappa shape index (κ1) is 16.0. The fraction of sp³-hybridized carbons (Fsp3) is 0.600. The van der Waals surface area contributed by atoms with E-state index < -0.39 is 0 Å². The Morgan fingerprint density at radius 1 is 1.04 bits per heavy atom. The van der Waals surface area contributed by atoms with Crippen LogP contribution in [0.2, 0.25) is 0 Å². The van der Waals surface area contributed by atoms with Gasteiger partial charge in [-0.25, -0.2) is 0 Å². The maximum atomic E-state index is 5.77. The molecule has 1 saturated heterocycles. The van der Waals surface area contributed by atoms with Crippen LogP contribution in [-0.4, -0.2) is 45.4 Å². The second-order valence-electron chi connectivity index (χ2n) is 7.09. The van der Waals surface area contributed by atoms with Gasteiger partial charge in [-0.15, -0.1) is 0 Å². The number of fused-ring (bicyclic) bond motifs is 1. The van der Waals surface area contributed by atoms with Gasteiger partial charge in [0.15, 0.2) is 11.5 Å². The topological polar surface area (TPSA) is 30.9 Å². The lowest BCUT2D eigenvalue weighted by molar-refractivity contribution is 0.0346. The zero-order valence-electron chi connectivity index (χ0n) is 14.9. The number of hydrogen-bond donors (Lipinski definition) is 0. The summed E-state index contributed by atoms with van der Waals surface area (Å²) in [4.78, 5) is 2.68. The van der Waals surface area contributed by atoms with Crippen LogP contribution in [0.3, 0.4) is 0 Å². The molecule has 0 aromatic heterocycles. The predicted octanol–water partition coefficient (Wildman–Crippen LogP) is 3.29. The molecular formula is C20H27NO3. The highest BCUT2D eigenvalue weighted by molar-refractivity contribution is 5.54. The number of aryl methyl sites for hydroxylation is 1. The molecule has 0 radical (unpaired) electrons. The Kier molecular flexibility index (Phi) is 4.05. The molecular weight excluding hydrogens is 302 g/mol. The van der Waals surface area contributed by atoms with E-state index in [9.17, 15) is 0 Å². The van der Waals surface area contributed by atoms with Crippen LogP contribution in [0.1, 0.15) is 36.8 Å². The van der Waals surface area contributed by atoms with Crippen molar-refractivity contribution in [1.82, 2.24) is 4.90 Å². The first-order valence-electron chi connectivity index (χ1n) is 8.95. The Labute approximate surface area is 144 Å². The third kappa shape index (κ3) is 2.20. The summed E-state index contributed by atoms with van der Waals surface area (Å²) in [5.41, 5.74) is 4.37. The minimum absolute atomic E-state index is 0.00961. The van der Waals surface area contributed by atoms with E-state index in [1.54, 1.807) is 19.8 Å². The van der Waals surface area contributed by atoms with Gasteiger partial charge in [0.1, 0.15) is 0 Å². The molecule has 130 valence electrons. The molecule has 1 aromatic rings. The number of hydrogen-bond acceptors (Lipinski definition) is 4. The monoisotopic (exact) mass is 329 g/mol. The minimum atomic E-state index is -0.00961. The SMILES string of the molecule is COc1cc2c(cc1OC)[C@]13CC(OC)CC=C1CCN3CCC2. The molecule has 4 nitrogen and oxygen atoms in total. The summed E-state index contributed by atoms with van der Waals surface area (Å²) in [5, 5.41) is 0. The van der Waals surface area contributed by atoms with Crippen LogP contribution in [0.15, 0.2) is 23.8 Å². The zero-order valence-corrected chi connectivity index (χ0v) is 14.9. The van der Waals surface area contributed by atoms with Gasteiger partial charge in [0.2, 0.25) is 0 Å². The minimum Gasteiger partial charge on any atom is -0.493 e. The van der Waals surface area contributed by atoms with Gasteiger partial charge < -0.3 is 14.2 Å². The van der Waals surface area contributed by atoms with Crippen LogP contribution in [-0.2, 0) is 16.7 Å². The van der Waals surface area contributed by atoms with Crippen molar-refractivity contribution in [3.05, 3.63) is 34.9 Å². The normalized spacial score (nSPS) is 29.1. The molecule has 1 unspecified atom stereocenters. The van der Waals surface area contributed by atoms with Crippen LogP contribution < -0.4 is 9.47 Å². The fourth-order valence-corrected chi connectivity index (χ4v) is 4.98. The van der Waals surface area contributed by atoms with Crippen molar-refractivity contribution in [2.24, 2.45) is 0 Å².